The van der Waals surface area contributed by atoms with Gasteiger partial charge in [-0.2, -0.15) is 8.42 Å². The Morgan fingerprint density at radius 3 is 2.39 bits per heavy atom. The molecule has 0 aromatic heterocycles. The monoisotopic (exact) mass is 418 g/mol. The fraction of sp³-hybridized carbons (Fsp3) is 0.200. The lowest BCUT2D eigenvalue weighted by Crippen LogP contribution is -2.29. The largest absolute Gasteiger partial charge is 0.286 e. The molecule has 0 radical (unpaired) electrons. The van der Waals surface area contributed by atoms with E-state index >= 15 is 0 Å². The van der Waals surface area contributed by atoms with E-state index in [-0.39, 0.29) is 27.1 Å². The predicted molar refractivity (Wildman–Crippen MR) is 110 cm³/mol. The third-order valence-corrected chi connectivity index (χ3v) is 6.63. The van der Waals surface area contributed by atoms with Crippen molar-refractivity contribution in [2.24, 2.45) is 4.40 Å². The maximum atomic E-state index is 13.9. The van der Waals surface area contributed by atoms with E-state index in [4.69, 9.17) is 0 Å². The first kappa shape index (κ1) is 20.3. The highest BCUT2D eigenvalue weighted by Gasteiger charge is 2.34. The average molecular weight is 419 g/mol. The van der Waals surface area contributed by atoms with Gasteiger partial charge in [-0.3, -0.25) is 9.69 Å². The second kappa shape index (κ2) is 8.28. The first-order valence-electron chi connectivity index (χ1n) is 8.75. The van der Waals surface area contributed by atoms with E-state index in [2.05, 4.69) is 4.40 Å². The van der Waals surface area contributed by atoms with Gasteiger partial charge in [-0.1, -0.05) is 37.3 Å². The molecule has 1 aliphatic rings. The molecule has 2 aromatic carbocycles. The zero-order chi connectivity index (χ0) is 20.3. The Morgan fingerprint density at radius 2 is 1.79 bits per heavy atom. The van der Waals surface area contributed by atoms with Crippen LogP contribution in [0.15, 0.2) is 62.7 Å². The molecule has 5 nitrogen and oxygen atoms in total. The molecule has 1 aliphatic heterocycles. The van der Waals surface area contributed by atoms with Crippen molar-refractivity contribution in [1.82, 2.24) is 4.90 Å². The van der Waals surface area contributed by atoms with Crippen molar-refractivity contribution in [2.45, 2.75) is 25.2 Å². The standard InChI is InChI=1S/C20H19FN2O3S2/c1-3-14-9-11-16(12-10-14)28(25,26)22-20-23(4-2)19(24)18(27-20)13-15-7-5-6-8-17(15)21/h5-13H,3-4H2,1-2H3/b18-13-,22-20?. The Hall–Kier alpha value is -2.45. The Kier molecular flexibility index (Phi) is 6.00. The smallest absolute Gasteiger partial charge is 0.284 e. The van der Waals surface area contributed by atoms with E-state index in [0.717, 1.165) is 23.7 Å². The number of nitrogens with zero attached hydrogens (tertiary/aromatic N) is 2. The number of amides is 1. The zero-order valence-corrected chi connectivity index (χ0v) is 17.1. The summed E-state index contributed by atoms with van der Waals surface area (Å²) in [4.78, 5) is 14.2. The molecule has 0 bridgehead atoms. The fourth-order valence-corrected chi connectivity index (χ4v) is 4.88. The van der Waals surface area contributed by atoms with Crippen molar-refractivity contribution in [3.63, 3.8) is 0 Å². The number of likely N-dealkylation sites (N-methyl/N-ethyl adjacent to an activating group) is 1. The maximum Gasteiger partial charge on any atom is 0.284 e. The van der Waals surface area contributed by atoms with Crippen LogP contribution >= 0.6 is 11.8 Å². The molecule has 2 aromatic rings. The number of carbonyl (C=O) groups is 1. The summed E-state index contributed by atoms with van der Waals surface area (Å²) < 4.78 is 43.1. The van der Waals surface area contributed by atoms with Crippen LogP contribution in [0.3, 0.4) is 0 Å². The molecule has 0 saturated carbocycles. The Balaban J connectivity index is 1.96. The fourth-order valence-electron chi connectivity index (χ4n) is 2.64. The molecule has 8 heteroatoms. The third-order valence-electron chi connectivity index (χ3n) is 4.22. The topological polar surface area (TPSA) is 66.8 Å². The van der Waals surface area contributed by atoms with Gasteiger partial charge in [0, 0.05) is 12.1 Å². The molecule has 146 valence electrons. The first-order chi connectivity index (χ1) is 13.4. The van der Waals surface area contributed by atoms with Crippen molar-refractivity contribution >= 4 is 38.9 Å². The number of thioether (sulfide) groups is 1. The molecule has 1 fully saturated rings. The van der Waals surface area contributed by atoms with Crippen LogP contribution in [0.5, 0.6) is 0 Å². The van der Waals surface area contributed by atoms with E-state index in [1.165, 1.54) is 29.2 Å². The Morgan fingerprint density at radius 1 is 1.11 bits per heavy atom. The van der Waals surface area contributed by atoms with Gasteiger partial charge < -0.3 is 0 Å². The van der Waals surface area contributed by atoms with Gasteiger partial charge in [-0.05, 0) is 54.9 Å². The highest BCUT2D eigenvalue weighted by molar-refractivity contribution is 8.19. The van der Waals surface area contributed by atoms with E-state index in [1.54, 1.807) is 37.3 Å². The first-order valence-corrected chi connectivity index (χ1v) is 11.0. The van der Waals surface area contributed by atoms with Gasteiger partial charge in [0.05, 0.1) is 9.80 Å². The van der Waals surface area contributed by atoms with Gasteiger partial charge in [0.25, 0.3) is 15.9 Å². The maximum absolute atomic E-state index is 13.9. The molecular weight excluding hydrogens is 399 g/mol. The summed E-state index contributed by atoms with van der Waals surface area (Å²) in [6, 6.07) is 12.6. The average Bonchev–Trinajstić information content (AvgIpc) is 2.97. The number of aryl methyl sites for hydroxylation is 1. The number of rotatable bonds is 5. The minimum absolute atomic E-state index is 0.0628. The third kappa shape index (κ3) is 4.18. The molecular formula is C20H19FN2O3S2. The highest BCUT2D eigenvalue weighted by atomic mass is 32.2. The minimum atomic E-state index is -3.97. The van der Waals surface area contributed by atoms with Gasteiger partial charge in [0.1, 0.15) is 5.82 Å². The van der Waals surface area contributed by atoms with Crippen molar-refractivity contribution in [3.05, 3.63) is 70.4 Å². The molecule has 0 unspecified atom stereocenters. The second-order valence-electron chi connectivity index (χ2n) is 6.03. The number of amidine groups is 1. The molecule has 0 aliphatic carbocycles. The minimum Gasteiger partial charge on any atom is -0.286 e. The van der Waals surface area contributed by atoms with Gasteiger partial charge >= 0.3 is 0 Å². The van der Waals surface area contributed by atoms with Crippen LogP contribution in [-0.2, 0) is 21.2 Å². The van der Waals surface area contributed by atoms with E-state index in [0.29, 0.717) is 0 Å². The molecule has 0 spiro atoms. The lowest BCUT2D eigenvalue weighted by Gasteiger charge is -2.12. The van der Waals surface area contributed by atoms with Gasteiger partial charge in [0.15, 0.2) is 5.17 Å². The number of benzene rings is 2. The zero-order valence-electron chi connectivity index (χ0n) is 15.4. The molecule has 28 heavy (non-hydrogen) atoms. The molecule has 1 heterocycles. The number of sulfonamides is 1. The number of carbonyl (C=O) groups excluding carboxylic acids is 1. The Labute approximate surface area is 168 Å². The molecule has 3 rings (SSSR count). The summed E-state index contributed by atoms with van der Waals surface area (Å²) in [5.41, 5.74) is 1.27. The van der Waals surface area contributed by atoms with Crippen LogP contribution in [0, 0.1) is 5.82 Å². The lowest BCUT2D eigenvalue weighted by atomic mass is 10.2. The van der Waals surface area contributed by atoms with Crippen molar-refractivity contribution in [3.8, 4) is 0 Å². The van der Waals surface area contributed by atoms with Crippen LogP contribution in [0.4, 0.5) is 4.39 Å². The van der Waals surface area contributed by atoms with Crippen molar-refractivity contribution < 1.29 is 17.6 Å². The molecule has 1 amide bonds. The van der Waals surface area contributed by atoms with E-state index in [9.17, 15) is 17.6 Å². The Bertz CT molecular complexity index is 1060. The number of hydrogen-bond donors (Lipinski definition) is 0. The van der Waals surface area contributed by atoms with Crippen LogP contribution in [0.2, 0.25) is 0 Å². The van der Waals surface area contributed by atoms with E-state index < -0.39 is 21.7 Å². The molecule has 1 saturated heterocycles. The summed E-state index contributed by atoms with van der Waals surface area (Å²) in [5.74, 6) is -0.855. The summed E-state index contributed by atoms with van der Waals surface area (Å²) in [6.07, 6.45) is 2.21. The van der Waals surface area contributed by atoms with Crippen LogP contribution in [0.25, 0.3) is 6.08 Å². The van der Waals surface area contributed by atoms with Crippen molar-refractivity contribution in [2.75, 3.05) is 6.54 Å². The van der Waals surface area contributed by atoms with Crippen molar-refractivity contribution in [1.29, 1.82) is 0 Å². The second-order valence-corrected chi connectivity index (χ2v) is 8.64. The quantitative estimate of drug-likeness (QED) is 0.687. The lowest BCUT2D eigenvalue weighted by molar-refractivity contribution is -0.122. The van der Waals surface area contributed by atoms with Crippen LogP contribution in [-0.4, -0.2) is 30.9 Å². The molecule has 0 atom stereocenters. The number of halogens is 1. The van der Waals surface area contributed by atoms with Gasteiger partial charge in [0.2, 0.25) is 0 Å². The SMILES string of the molecule is CCc1ccc(S(=O)(=O)N=C2S/C(=C\c3ccccc3F)C(=O)N2CC)cc1. The summed E-state index contributed by atoms with van der Waals surface area (Å²) in [5, 5.41) is 0.0645. The normalized spacial score (nSPS) is 17.7. The molecule has 0 N–H and O–H groups in total. The van der Waals surface area contributed by atoms with E-state index in [1.807, 2.05) is 6.92 Å². The summed E-state index contributed by atoms with van der Waals surface area (Å²) in [6.45, 7) is 3.96. The van der Waals surface area contributed by atoms with Crippen LogP contribution in [0.1, 0.15) is 25.0 Å². The summed E-state index contributed by atoms with van der Waals surface area (Å²) in [7, 11) is -3.97. The van der Waals surface area contributed by atoms with Gasteiger partial charge in [-0.25, -0.2) is 4.39 Å². The predicted octanol–water partition coefficient (Wildman–Crippen LogP) is 4.07. The number of hydrogen-bond acceptors (Lipinski definition) is 4. The van der Waals surface area contributed by atoms with Gasteiger partial charge in [-0.15, -0.1) is 4.40 Å². The summed E-state index contributed by atoms with van der Waals surface area (Å²) >= 11 is 0.926. The highest BCUT2D eigenvalue weighted by Crippen LogP contribution is 2.33. The van der Waals surface area contributed by atoms with Crippen LogP contribution < -0.4 is 0 Å².